The fourth-order valence-electron chi connectivity index (χ4n) is 3.33. The van der Waals surface area contributed by atoms with Crippen molar-refractivity contribution in [2.45, 2.75) is 125 Å². The van der Waals surface area contributed by atoms with Gasteiger partial charge in [0.05, 0.1) is 6.54 Å². The molecule has 0 spiro atoms. The van der Waals surface area contributed by atoms with Gasteiger partial charge in [0.25, 0.3) is 0 Å². The van der Waals surface area contributed by atoms with Crippen molar-refractivity contribution in [1.82, 2.24) is 0 Å². The van der Waals surface area contributed by atoms with Gasteiger partial charge in [-0.1, -0.05) is 84.0 Å². The molecule has 0 aliphatic heterocycles. The van der Waals surface area contributed by atoms with E-state index in [1.54, 1.807) is 0 Å². The molecule has 0 atom stereocenters. The summed E-state index contributed by atoms with van der Waals surface area (Å²) in [5.74, 6) is 0. The van der Waals surface area contributed by atoms with Gasteiger partial charge in [-0.3, -0.25) is 0 Å². The molecule has 0 saturated carbocycles. The first kappa shape index (κ1) is 40.0. The van der Waals surface area contributed by atoms with Crippen LogP contribution in [0.3, 0.4) is 0 Å². The van der Waals surface area contributed by atoms with E-state index in [-0.39, 0.29) is 29.2 Å². The van der Waals surface area contributed by atoms with E-state index in [1.807, 2.05) is 27.7 Å². The van der Waals surface area contributed by atoms with Crippen LogP contribution < -0.4 is 18.1 Å². The van der Waals surface area contributed by atoms with Crippen molar-refractivity contribution in [3.8, 4) is 0 Å². The summed E-state index contributed by atoms with van der Waals surface area (Å²) in [5.41, 5.74) is 3.88. The smallest absolute Gasteiger partial charge is 0.679 e. The van der Waals surface area contributed by atoms with Crippen molar-refractivity contribution in [2.24, 2.45) is 0 Å². The summed E-state index contributed by atoms with van der Waals surface area (Å²) in [7, 11) is -2.80. The molecule has 5 nitrogen and oxygen atoms in total. The van der Waals surface area contributed by atoms with Crippen molar-refractivity contribution in [3.63, 3.8) is 0 Å². The first-order valence-electron chi connectivity index (χ1n) is 13.0. The van der Waals surface area contributed by atoms with Gasteiger partial charge in [-0.25, -0.2) is 0 Å². The second-order valence-corrected chi connectivity index (χ2v) is 9.84. The molecule has 8 heteroatoms. The van der Waals surface area contributed by atoms with Gasteiger partial charge in [0.15, 0.2) is 0 Å². The van der Waals surface area contributed by atoms with Crippen LogP contribution in [0.15, 0.2) is 0 Å². The van der Waals surface area contributed by atoms with Gasteiger partial charge in [-0.15, -0.1) is 0 Å². The van der Waals surface area contributed by atoms with Crippen LogP contribution in [0, 0.1) is 0 Å². The minimum atomic E-state index is -2.80. The summed E-state index contributed by atoms with van der Waals surface area (Å²) in [5, 5.41) is 0. The molecule has 0 aromatic rings. The first-order valence-corrected chi connectivity index (χ1v) is 14.6. The maximum atomic E-state index is 5.42. The van der Waals surface area contributed by atoms with E-state index in [9.17, 15) is 0 Å². The van der Waals surface area contributed by atoms with Crippen LogP contribution in [0.25, 0.3) is 0 Å². The van der Waals surface area contributed by atoms with Gasteiger partial charge in [-0.2, -0.15) is 0 Å². The molecule has 0 saturated heterocycles. The molecule has 0 aliphatic carbocycles. The molecule has 0 aromatic carbocycles. The van der Waals surface area contributed by atoms with Crippen LogP contribution >= 0.6 is 0 Å². The van der Waals surface area contributed by atoms with Crippen molar-refractivity contribution in [3.05, 3.63) is 0 Å². The van der Waals surface area contributed by atoms with Crippen LogP contribution in [0.4, 0.5) is 0 Å². The summed E-state index contributed by atoms with van der Waals surface area (Å²) in [6.07, 6.45) is 20.2. The van der Waals surface area contributed by atoms with E-state index < -0.39 is 9.05 Å². The zero-order valence-corrected chi connectivity index (χ0v) is 24.8. The molecule has 201 valence electrons. The monoisotopic (exact) mass is 544 g/mol. The normalized spacial score (nSPS) is 10.7. The third kappa shape index (κ3) is 28.8. The molecule has 0 rings (SSSR count). The topological polar surface area (TPSA) is 64.6 Å². The summed E-state index contributed by atoms with van der Waals surface area (Å²) in [6, 6.07) is 0. The molecule has 0 amide bonds. The predicted molar refractivity (Wildman–Crippen MR) is 130 cm³/mol. The zero-order valence-electron chi connectivity index (χ0n) is 22.0. The van der Waals surface area contributed by atoms with Crippen molar-refractivity contribution < 1.29 is 52.6 Å². The van der Waals surface area contributed by atoms with Crippen LogP contribution in [0.1, 0.15) is 125 Å². The number of unbranched alkanes of at least 4 members (excludes halogenated alkanes) is 13. The van der Waals surface area contributed by atoms with Gasteiger partial charge >= 0.3 is 9.05 Å². The Kier molecular flexibility index (Phi) is 42.5. The number of halogens is 1. The standard InChI is InChI=1S/C16H35N.C8H20O4Si.ClH.Co/c1-2-3-4-5-6-7-8-9-10-11-12-13-14-15-16-17;1-5-9-13(10-6-2,11-7-3)12-8-4;;/h2-17H2,1H3;5-8H2,1-4H3;1H;. The third-order valence-corrected chi connectivity index (χ3v) is 7.46. The van der Waals surface area contributed by atoms with Gasteiger partial charge in [0, 0.05) is 43.2 Å². The van der Waals surface area contributed by atoms with Crippen LogP contribution in [-0.4, -0.2) is 42.0 Å². The summed E-state index contributed by atoms with van der Waals surface area (Å²) in [6.45, 7) is 13.2. The van der Waals surface area contributed by atoms with Gasteiger partial charge in [0.1, 0.15) is 0 Å². The van der Waals surface area contributed by atoms with E-state index in [1.165, 1.54) is 89.9 Å². The van der Waals surface area contributed by atoms with Crippen molar-refractivity contribution in [2.75, 3.05) is 33.0 Å². The fraction of sp³-hybridized carbons (Fsp3) is 1.00. The average molecular weight is 545 g/mol. The summed E-state index contributed by atoms with van der Waals surface area (Å²) >= 11 is 0. The fourth-order valence-corrected chi connectivity index (χ4v) is 5.24. The zero-order chi connectivity index (χ0) is 22.8. The Morgan fingerprint density at radius 1 is 0.469 bits per heavy atom. The van der Waals surface area contributed by atoms with Crippen LogP contribution in [-0.2, 0) is 34.5 Å². The minimum absolute atomic E-state index is 0. The second kappa shape index (κ2) is 34.0. The van der Waals surface area contributed by atoms with Crippen molar-refractivity contribution in [1.29, 1.82) is 0 Å². The molecule has 0 heterocycles. The largest absolute Gasteiger partial charge is 1.00 e. The molecule has 3 N–H and O–H groups in total. The quantitative estimate of drug-likeness (QED) is 0.168. The number of quaternary nitrogens is 1. The molecule has 0 fully saturated rings. The SMILES string of the molecule is CCCCCCCCCCCCCCCC[NH3+].CCO[Si](OCC)(OCC)OCC.[Cl-].[Co]. The Labute approximate surface area is 218 Å². The molecule has 0 unspecified atom stereocenters. The summed E-state index contributed by atoms with van der Waals surface area (Å²) < 4.78 is 21.7. The Hall–Kier alpha value is 0.813. The third-order valence-electron chi connectivity index (χ3n) is 4.89. The number of hydrogen-bond acceptors (Lipinski definition) is 4. The van der Waals surface area contributed by atoms with Crippen LogP contribution in [0.2, 0.25) is 0 Å². The molecular weight excluding hydrogens is 489 g/mol. The molecule has 32 heavy (non-hydrogen) atoms. The molecule has 1 radical (unpaired) electrons. The Bertz CT molecular complexity index is 278. The van der Waals surface area contributed by atoms with Crippen LogP contribution in [0.5, 0.6) is 0 Å². The molecule has 0 aromatic heterocycles. The predicted octanol–water partition coefficient (Wildman–Crippen LogP) is 3.28. The van der Waals surface area contributed by atoms with E-state index in [4.69, 9.17) is 17.7 Å². The summed E-state index contributed by atoms with van der Waals surface area (Å²) in [4.78, 5) is 0. The van der Waals surface area contributed by atoms with Gasteiger partial charge in [-0.05, 0) is 40.5 Å². The maximum Gasteiger partial charge on any atom is 0.679 e. The Morgan fingerprint density at radius 3 is 0.938 bits per heavy atom. The van der Waals surface area contributed by atoms with E-state index in [2.05, 4.69) is 12.7 Å². The maximum absolute atomic E-state index is 5.42. The molecule has 0 bridgehead atoms. The number of hydrogen-bond donors (Lipinski definition) is 1. The first-order chi connectivity index (χ1) is 14.7. The average Bonchev–Trinajstić information content (AvgIpc) is 2.73. The Morgan fingerprint density at radius 2 is 0.719 bits per heavy atom. The van der Waals surface area contributed by atoms with Crippen molar-refractivity contribution >= 4 is 9.05 Å². The van der Waals surface area contributed by atoms with Gasteiger partial charge in [0.2, 0.25) is 0 Å². The minimum Gasteiger partial charge on any atom is -1.00 e. The Balaban J connectivity index is -0.000000238. The van der Waals surface area contributed by atoms with E-state index in [0.717, 1.165) is 6.54 Å². The van der Waals surface area contributed by atoms with E-state index in [0.29, 0.717) is 26.4 Å². The number of rotatable bonds is 22. The molecule has 0 aliphatic rings. The van der Waals surface area contributed by atoms with E-state index >= 15 is 0 Å². The van der Waals surface area contributed by atoms with Gasteiger partial charge < -0.3 is 35.8 Å². The molecular formula is C24H56ClCoNO4Si. The second-order valence-electron chi connectivity index (χ2n) is 7.68.